The minimum Gasteiger partial charge on any atom is -0.395 e. The molecule has 4 heteroatoms. The van der Waals surface area contributed by atoms with E-state index in [1.165, 1.54) is 36.3 Å². The van der Waals surface area contributed by atoms with Gasteiger partial charge in [0.05, 0.1) is 17.8 Å². The SMILES string of the molecule is Cc1ncsc1CCN(CCO)C1CCCC1. The molecule has 3 nitrogen and oxygen atoms in total. The summed E-state index contributed by atoms with van der Waals surface area (Å²) < 4.78 is 0. The van der Waals surface area contributed by atoms with Crippen molar-refractivity contribution in [1.82, 2.24) is 9.88 Å². The maximum absolute atomic E-state index is 9.16. The van der Waals surface area contributed by atoms with Crippen LogP contribution in [-0.4, -0.2) is 40.7 Å². The molecule has 1 aliphatic rings. The summed E-state index contributed by atoms with van der Waals surface area (Å²) in [6.45, 7) is 4.24. The fourth-order valence-corrected chi connectivity index (χ4v) is 3.46. The largest absolute Gasteiger partial charge is 0.395 e. The molecule has 0 bridgehead atoms. The second-order valence-corrected chi connectivity index (χ2v) is 5.75. The fourth-order valence-electron chi connectivity index (χ4n) is 2.69. The first kappa shape index (κ1) is 13.0. The molecule has 0 atom stereocenters. The number of hydrogen-bond donors (Lipinski definition) is 1. The summed E-state index contributed by atoms with van der Waals surface area (Å²) in [7, 11) is 0. The summed E-state index contributed by atoms with van der Waals surface area (Å²) in [5.74, 6) is 0. The number of aliphatic hydroxyl groups excluding tert-OH is 1. The third-order valence-electron chi connectivity index (χ3n) is 3.70. The van der Waals surface area contributed by atoms with Gasteiger partial charge in [-0.25, -0.2) is 4.98 Å². The lowest BCUT2D eigenvalue weighted by Crippen LogP contribution is -2.37. The summed E-state index contributed by atoms with van der Waals surface area (Å²) in [6, 6.07) is 0.704. The maximum atomic E-state index is 9.16. The molecule has 0 aliphatic heterocycles. The molecule has 1 aromatic rings. The van der Waals surface area contributed by atoms with Gasteiger partial charge in [0.1, 0.15) is 0 Å². The normalized spacial score (nSPS) is 17.1. The summed E-state index contributed by atoms with van der Waals surface area (Å²) in [4.78, 5) is 8.15. The number of thiazole rings is 1. The molecular weight excluding hydrogens is 232 g/mol. The molecule has 0 amide bonds. The molecule has 96 valence electrons. The molecule has 0 saturated heterocycles. The predicted molar refractivity (Wildman–Crippen MR) is 71.5 cm³/mol. The molecule has 0 spiro atoms. The smallest absolute Gasteiger partial charge is 0.0797 e. The van der Waals surface area contributed by atoms with Crippen LogP contribution in [-0.2, 0) is 6.42 Å². The average Bonchev–Trinajstić information content (AvgIpc) is 2.96. The van der Waals surface area contributed by atoms with Crippen molar-refractivity contribution in [3.05, 3.63) is 16.1 Å². The maximum Gasteiger partial charge on any atom is 0.0797 e. The number of rotatable bonds is 6. The van der Waals surface area contributed by atoms with Crippen LogP contribution >= 0.6 is 11.3 Å². The molecule has 1 aliphatic carbocycles. The van der Waals surface area contributed by atoms with Crippen molar-refractivity contribution < 1.29 is 5.11 Å². The number of hydrogen-bond acceptors (Lipinski definition) is 4. The summed E-state index contributed by atoms with van der Waals surface area (Å²) in [6.07, 6.45) is 6.40. The highest BCUT2D eigenvalue weighted by molar-refractivity contribution is 7.09. The van der Waals surface area contributed by atoms with E-state index in [2.05, 4.69) is 16.8 Å². The van der Waals surface area contributed by atoms with E-state index in [0.717, 1.165) is 19.5 Å². The van der Waals surface area contributed by atoms with Gasteiger partial charge in [-0.05, 0) is 26.2 Å². The Bertz CT molecular complexity index is 334. The average molecular weight is 254 g/mol. The second kappa shape index (κ2) is 6.47. The Hall–Kier alpha value is -0.450. The third kappa shape index (κ3) is 3.50. The Morgan fingerprint density at radius 3 is 2.76 bits per heavy atom. The molecule has 1 N–H and O–H groups in total. The quantitative estimate of drug-likeness (QED) is 0.845. The zero-order valence-electron chi connectivity index (χ0n) is 10.6. The van der Waals surface area contributed by atoms with Crippen molar-refractivity contribution >= 4 is 11.3 Å². The van der Waals surface area contributed by atoms with Crippen LogP contribution in [0.5, 0.6) is 0 Å². The van der Waals surface area contributed by atoms with Crippen LogP contribution in [0.3, 0.4) is 0 Å². The first-order chi connectivity index (χ1) is 8.31. The van der Waals surface area contributed by atoms with Crippen LogP contribution in [0.4, 0.5) is 0 Å². The van der Waals surface area contributed by atoms with Crippen molar-refractivity contribution in [3.63, 3.8) is 0 Å². The molecule has 1 fully saturated rings. The lowest BCUT2D eigenvalue weighted by molar-refractivity contribution is 0.153. The van der Waals surface area contributed by atoms with E-state index in [-0.39, 0.29) is 6.61 Å². The standard InChI is InChI=1S/C13H22N2OS/c1-11-13(17-10-14-11)6-7-15(8-9-16)12-4-2-3-5-12/h10,12,16H,2-9H2,1H3. The first-order valence-corrected chi connectivity index (χ1v) is 7.43. The monoisotopic (exact) mass is 254 g/mol. The van der Waals surface area contributed by atoms with Crippen molar-refractivity contribution in [2.75, 3.05) is 19.7 Å². The number of aryl methyl sites for hydroxylation is 1. The Balaban J connectivity index is 1.86. The highest BCUT2D eigenvalue weighted by Crippen LogP contribution is 2.24. The van der Waals surface area contributed by atoms with E-state index in [4.69, 9.17) is 5.11 Å². The molecule has 1 aromatic heterocycles. The van der Waals surface area contributed by atoms with Crippen LogP contribution < -0.4 is 0 Å². The molecule has 0 unspecified atom stereocenters. The van der Waals surface area contributed by atoms with Crippen LogP contribution in [0.1, 0.15) is 36.3 Å². The third-order valence-corrected chi connectivity index (χ3v) is 4.69. The highest BCUT2D eigenvalue weighted by atomic mass is 32.1. The fraction of sp³-hybridized carbons (Fsp3) is 0.769. The molecule has 0 radical (unpaired) electrons. The summed E-state index contributed by atoms with van der Waals surface area (Å²) in [5, 5.41) is 9.16. The van der Waals surface area contributed by atoms with Gasteiger partial charge in [0, 0.05) is 24.0 Å². The van der Waals surface area contributed by atoms with Crippen molar-refractivity contribution in [1.29, 1.82) is 0 Å². The van der Waals surface area contributed by atoms with E-state index >= 15 is 0 Å². The van der Waals surface area contributed by atoms with Crippen LogP contribution in [0.2, 0.25) is 0 Å². The van der Waals surface area contributed by atoms with Crippen LogP contribution in [0.15, 0.2) is 5.51 Å². The lowest BCUT2D eigenvalue weighted by atomic mass is 10.2. The van der Waals surface area contributed by atoms with E-state index in [1.54, 1.807) is 11.3 Å². The molecule has 1 saturated carbocycles. The zero-order chi connectivity index (χ0) is 12.1. The number of nitrogens with zero attached hydrogens (tertiary/aromatic N) is 2. The van der Waals surface area contributed by atoms with Gasteiger partial charge in [-0.15, -0.1) is 11.3 Å². The Kier molecular flexibility index (Phi) is 4.95. The van der Waals surface area contributed by atoms with Gasteiger partial charge in [-0.2, -0.15) is 0 Å². The van der Waals surface area contributed by atoms with Gasteiger partial charge in [-0.3, -0.25) is 4.90 Å². The van der Waals surface area contributed by atoms with Gasteiger partial charge in [0.15, 0.2) is 0 Å². The Morgan fingerprint density at radius 1 is 1.41 bits per heavy atom. The van der Waals surface area contributed by atoms with E-state index in [9.17, 15) is 0 Å². The van der Waals surface area contributed by atoms with Crippen molar-refractivity contribution in [3.8, 4) is 0 Å². The van der Waals surface area contributed by atoms with E-state index < -0.39 is 0 Å². The van der Waals surface area contributed by atoms with Crippen molar-refractivity contribution in [2.24, 2.45) is 0 Å². The summed E-state index contributed by atoms with van der Waals surface area (Å²) in [5.41, 5.74) is 3.10. The highest BCUT2D eigenvalue weighted by Gasteiger charge is 2.22. The van der Waals surface area contributed by atoms with E-state index in [0.29, 0.717) is 6.04 Å². The van der Waals surface area contributed by atoms with Gasteiger partial charge >= 0.3 is 0 Å². The zero-order valence-corrected chi connectivity index (χ0v) is 11.4. The van der Waals surface area contributed by atoms with Gasteiger partial charge in [0.2, 0.25) is 0 Å². The van der Waals surface area contributed by atoms with Crippen LogP contribution in [0, 0.1) is 6.92 Å². The topological polar surface area (TPSA) is 36.4 Å². The molecule has 17 heavy (non-hydrogen) atoms. The van der Waals surface area contributed by atoms with Gasteiger partial charge in [-0.1, -0.05) is 12.8 Å². The minimum atomic E-state index is 0.276. The Labute approximate surface area is 107 Å². The number of aromatic nitrogens is 1. The molecule has 1 heterocycles. The lowest BCUT2D eigenvalue weighted by Gasteiger charge is -2.27. The minimum absolute atomic E-state index is 0.276. The second-order valence-electron chi connectivity index (χ2n) is 4.81. The number of aliphatic hydroxyl groups is 1. The predicted octanol–water partition coefficient (Wildman–Crippen LogP) is 2.23. The Morgan fingerprint density at radius 2 is 2.18 bits per heavy atom. The van der Waals surface area contributed by atoms with Gasteiger partial charge in [0.25, 0.3) is 0 Å². The molecule has 2 rings (SSSR count). The van der Waals surface area contributed by atoms with E-state index in [1.807, 2.05) is 5.51 Å². The van der Waals surface area contributed by atoms with Gasteiger partial charge < -0.3 is 5.11 Å². The molecule has 0 aromatic carbocycles. The first-order valence-electron chi connectivity index (χ1n) is 6.55. The van der Waals surface area contributed by atoms with Crippen molar-refractivity contribution in [2.45, 2.75) is 45.1 Å². The van der Waals surface area contributed by atoms with Crippen LogP contribution in [0.25, 0.3) is 0 Å². The summed E-state index contributed by atoms with van der Waals surface area (Å²) >= 11 is 1.75. The molecular formula is C13H22N2OS.